The van der Waals surface area contributed by atoms with E-state index in [9.17, 15) is 4.79 Å². The fraction of sp³-hybridized carbons (Fsp3) is 0.273. The monoisotopic (exact) mass is 234 g/mol. The van der Waals surface area contributed by atoms with Crippen LogP contribution in [0.15, 0.2) is 29.0 Å². The Morgan fingerprint density at radius 3 is 3.12 bits per heavy atom. The van der Waals surface area contributed by atoms with Gasteiger partial charge in [0.2, 0.25) is 0 Å². The highest BCUT2D eigenvalue weighted by molar-refractivity contribution is 5.93. The summed E-state index contributed by atoms with van der Waals surface area (Å²) in [5, 5.41) is 6.30. The smallest absolute Gasteiger partial charge is 0.268 e. The Kier molecular flexibility index (Phi) is 3.13. The summed E-state index contributed by atoms with van der Waals surface area (Å²) in [5.41, 5.74) is 6.78. The van der Waals surface area contributed by atoms with E-state index in [0.29, 0.717) is 30.2 Å². The number of nitrogens with two attached hydrogens (primary N) is 1. The SMILES string of the molecule is CCn1cc(N)cc1C(=O)NCc1ccno1. The molecule has 1 amide bonds. The van der Waals surface area contributed by atoms with Crippen molar-refractivity contribution in [2.45, 2.75) is 20.0 Å². The van der Waals surface area contributed by atoms with Crippen LogP contribution < -0.4 is 11.1 Å². The van der Waals surface area contributed by atoms with Gasteiger partial charge in [0, 0.05) is 18.8 Å². The number of carbonyl (C=O) groups is 1. The van der Waals surface area contributed by atoms with Crippen LogP contribution in [-0.2, 0) is 13.1 Å². The highest BCUT2D eigenvalue weighted by Gasteiger charge is 2.12. The number of hydrogen-bond acceptors (Lipinski definition) is 4. The quantitative estimate of drug-likeness (QED) is 0.826. The van der Waals surface area contributed by atoms with Gasteiger partial charge >= 0.3 is 0 Å². The van der Waals surface area contributed by atoms with Crippen molar-refractivity contribution in [2.75, 3.05) is 5.73 Å². The van der Waals surface area contributed by atoms with Gasteiger partial charge < -0.3 is 20.1 Å². The normalized spacial score (nSPS) is 10.4. The van der Waals surface area contributed by atoms with Crippen LogP contribution >= 0.6 is 0 Å². The molecule has 0 aliphatic heterocycles. The van der Waals surface area contributed by atoms with E-state index in [0.717, 1.165) is 0 Å². The number of aryl methyl sites for hydroxylation is 1. The number of nitrogens with zero attached hydrogens (tertiary/aromatic N) is 2. The summed E-state index contributed by atoms with van der Waals surface area (Å²) in [6.07, 6.45) is 3.28. The average molecular weight is 234 g/mol. The van der Waals surface area contributed by atoms with E-state index in [1.54, 1.807) is 22.9 Å². The summed E-state index contributed by atoms with van der Waals surface area (Å²) in [6, 6.07) is 3.35. The van der Waals surface area contributed by atoms with E-state index in [2.05, 4.69) is 10.5 Å². The lowest BCUT2D eigenvalue weighted by molar-refractivity contribution is 0.0938. The summed E-state index contributed by atoms with van der Waals surface area (Å²) in [4.78, 5) is 11.9. The van der Waals surface area contributed by atoms with Gasteiger partial charge in [-0.2, -0.15) is 0 Å². The van der Waals surface area contributed by atoms with Gasteiger partial charge in [0.1, 0.15) is 5.69 Å². The Balaban J connectivity index is 2.04. The predicted octanol–water partition coefficient (Wildman–Crippen LogP) is 1.01. The van der Waals surface area contributed by atoms with Crippen molar-refractivity contribution in [3.05, 3.63) is 36.0 Å². The van der Waals surface area contributed by atoms with Crippen LogP contribution in [0.3, 0.4) is 0 Å². The molecule has 0 aliphatic rings. The molecule has 0 spiro atoms. The molecule has 2 heterocycles. The number of nitrogens with one attached hydrogen (secondary N) is 1. The zero-order valence-electron chi connectivity index (χ0n) is 9.51. The largest absolute Gasteiger partial charge is 0.397 e. The van der Waals surface area contributed by atoms with Crippen LogP contribution in [0, 0.1) is 0 Å². The number of nitrogen functional groups attached to an aromatic ring is 1. The van der Waals surface area contributed by atoms with Crippen molar-refractivity contribution in [3.8, 4) is 0 Å². The molecule has 0 aromatic carbocycles. The van der Waals surface area contributed by atoms with Crippen molar-refractivity contribution in [1.29, 1.82) is 0 Å². The van der Waals surface area contributed by atoms with Crippen molar-refractivity contribution >= 4 is 11.6 Å². The molecule has 90 valence electrons. The molecule has 17 heavy (non-hydrogen) atoms. The lowest BCUT2D eigenvalue weighted by Gasteiger charge is -2.05. The average Bonchev–Trinajstić information content (AvgIpc) is 2.94. The van der Waals surface area contributed by atoms with Gasteiger partial charge in [0.25, 0.3) is 5.91 Å². The Bertz CT molecular complexity index is 502. The maximum Gasteiger partial charge on any atom is 0.268 e. The number of carbonyl (C=O) groups excluding carboxylic acids is 1. The minimum Gasteiger partial charge on any atom is -0.397 e. The molecule has 6 nitrogen and oxygen atoms in total. The highest BCUT2D eigenvalue weighted by atomic mass is 16.5. The molecule has 2 aromatic heterocycles. The molecule has 0 bridgehead atoms. The van der Waals surface area contributed by atoms with Gasteiger partial charge in [-0.25, -0.2) is 0 Å². The van der Waals surface area contributed by atoms with Crippen molar-refractivity contribution in [1.82, 2.24) is 15.0 Å². The zero-order chi connectivity index (χ0) is 12.3. The molecule has 2 aromatic rings. The van der Waals surface area contributed by atoms with Gasteiger partial charge in [-0.05, 0) is 13.0 Å². The van der Waals surface area contributed by atoms with Crippen molar-refractivity contribution < 1.29 is 9.32 Å². The first-order valence-corrected chi connectivity index (χ1v) is 5.34. The second-order valence-electron chi connectivity index (χ2n) is 3.61. The predicted molar refractivity (Wildman–Crippen MR) is 62.2 cm³/mol. The topological polar surface area (TPSA) is 86.1 Å². The standard InChI is InChI=1S/C11H14N4O2/c1-2-15-7-8(12)5-10(15)11(16)13-6-9-3-4-14-17-9/h3-5,7H,2,6,12H2,1H3,(H,13,16). The van der Waals surface area contributed by atoms with Crippen LogP contribution in [0.1, 0.15) is 23.2 Å². The molecule has 0 unspecified atom stereocenters. The van der Waals surface area contributed by atoms with E-state index < -0.39 is 0 Å². The number of rotatable bonds is 4. The van der Waals surface area contributed by atoms with E-state index in [1.807, 2.05) is 6.92 Å². The van der Waals surface area contributed by atoms with Crippen LogP contribution in [0.25, 0.3) is 0 Å². The fourth-order valence-corrected chi connectivity index (χ4v) is 1.58. The number of amides is 1. The summed E-state index contributed by atoms with van der Waals surface area (Å²) < 4.78 is 6.68. The summed E-state index contributed by atoms with van der Waals surface area (Å²) in [5.74, 6) is 0.431. The van der Waals surface area contributed by atoms with Gasteiger partial charge in [0.15, 0.2) is 5.76 Å². The Hall–Kier alpha value is -2.24. The molecule has 2 rings (SSSR count). The maximum atomic E-state index is 11.9. The zero-order valence-corrected chi connectivity index (χ0v) is 9.51. The third-order valence-corrected chi connectivity index (χ3v) is 2.41. The Labute approximate surface area is 98.4 Å². The molecule has 0 aliphatic carbocycles. The van der Waals surface area contributed by atoms with E-state index in [1.165, 1.54) is 6.20 Å². The second-order valence-corrected chi connectivity index (χ2v) is 3.61. The summed E-state index contributed by atoms with van der Waals surface area (Å²) in [7, 11) is 0. The number of anilines is 1. The maximum absolute atomic E-state index is 11.9. The van der Waals surface area contributed by atoms with Gasteiger partial charge in [0.05, 0.1) is 18.4 Å². The van der Waals surface area contributed by atoms with Crippen LogP contribution in [-0.4, -0.2) is 15.6 Å². The minimum atomic E-state index is -0.181. The van der Waals surface area contributed by atoms with Crippen molar-refractivity contribution in [3.63, 3.8) is 0 Å². The first-order valence-electron chi connectivity index (χ1n) is 5.34. The van der Waals surface area contributed by atoms with E-state index >= 15 is 0 Å². The van der Waals surface area contributed by atoms with Gasteiger partial charge in [-0.3, -0.25) is 4.79 Å². The van der Waals surface area contributed by atoms with Crippen LogP contribution in [0.4, 0.5) is 5.69 Å². The number of aromatic nitrogens is 2. The number of hydrogen-bond donors (Lipinski definition) is 2. The Morgan fingerprint density at radius 1 is 1.65 bits per heavy atom. The fourth-order valence-electron chi connectivity index (χ4n) is 1.58. The molecule has 6 heteroatoms. The van der Waals surface area contributed by atoms with E-state index in [4.69, 9.17) is 10.3 Å². The second kappa shape index (κ2) is 4.73. The molecular weight excluding hydrogens is 220 g/mol. The molecule has 3 N–H and O–H groups in total. The first kappa shape index (κ1) is 11.3. The van der Waals surface area contributed by atoms with Crippen molar-refractivity contribution in [2.24, 2.45) is 0 Å². The summed E-state index contributed by atoms with van der Waals surface area (Å²) >= 11 is 0. The van der Waals surface area contributed by atoms with Crippen LogP contribution in [0.5, 0.6) is 0 Å². The lowest BCUT2D eigenvalue weighted by Crippen LogP contribution is -2.25. The molecule has 0 saturated carbocycles. The lowest BCUT2D eigenvalue weighted by atomic mass is 10.3. The van der Waals surface area contributed by atoms with Crippen LogP contribution in [0.2, 0.25) is 0 Å². The molecule has 0 atom stereocenters. The molecule has 0 fully saturated rings. The van der Waals surface area contributed by atoms with E-state index in [-0.39, 0.29) is 5.91 Å². The van der Waals surface area contributed by atoms with Gasteiger partial charge in [-0.15, -0.1) is 0 Å². The first-order chi connectivity index (χ1) is 8.20. The highest BCUT2D eigenvalue weighted by Crippen LogP contribution is 2.10. The molecule has 0 radical (unpaired) electrons. The summed E-state index contributed by atoms with van der Waals surface area (Å²) in [6.45, 7) is 2.96. The Morgan fingerprint density at radius 2 is 2.47 bits per heavy atom. The molecular formula is C11H14N4O2. The minimum absolute atomic E-state index is 0.181. The third-order valence-electron chi connectivity index (χ3n) is 2.41. The third kappa shape index (κ3) is 2.47. The van der Waals surface area contributed by atoms with Gasteiger partial charge in [-0.1, -0.05) is 5.16 Å². The molecule has 0 saturated heterocycles.